The van der Waals surface area contributed by atoms with Crippen molar-refractivity contribution in [3.8, 4) is 11.5 Å². The Balaban J connectivity index is 2.67. The Morgan fingerprint density at radius 1 is 1.23 bits per heavy atom. The second kappa shape index (κ2) is 7.86. The van der Waals surface area contributed by atoms with E-state index >= 15 is 0 Å². The van der Waals surface area contributed by atoms with Crippen molar-refractivity contribution < 1.29 is 33.7 Å². The molecule has 2 aromatic rings. The van der Waals surface area contributed by atoms with Crippen molar-refractivity contribution in [2.24, 2.45) is 5.92 Å². The molecule has 1 unspecified atom stereocenters. The minimum absolute atomic E-state index is 0.0133. The van der Waals surface area contributed by atoms with Crippen molar-refractivity contribution >= 4 is 22.7 Å². The van der Waals surface area contributed by atoms with Crippen molar-refractivity contribution in [3.05, 3.63) is 47.8 Å². The third-order valence-electron chi connectivity index (χ3n) is 4.13. The number of hydrogen-bond acceptors (Lipinski definition) is 4. The van der Waals surface area contributed by atoms with Crippen LogP contribution >= 0.6 is 0 Å². The maximum absolute atomic E-state index is 14.5. The van der Waals surface area contributed by atoms with Gasteiger partial charge < -0.3 is 19.7 Å². The molecule has 0 saturated carbocycles. The van der Waals surface area contributed by atoms with Crippen LogP contribution in [0.2, 0.25) is 0 Å². The molecule has 2 rings (SSSR count). The van der Waals surface area contributed by atoms with Crippen molar-refractivity contribution in [2.45, 2.75) is 12.8 Å². The highest BCUT2D eigenvalue weighted by Gasteiger charge is 2.27. The molecule has 0 aliphatic heterocycles. The van der Waals surface area contributed by atoms with E-state index < -0.39 is 30.1 Å². The standard InChI is InChI=1S/C19H19FO6/c1-10(7-16(21)22)12(19(23)24)9-13-17-11(5-4-6-14(17)20)8-15(25-2)18(13)26-3/h4-6,8,12H,1,7,9H2,2-3H3,(H,21,22)(H,23,24). The molecule has 0 saturated heterocycles. The molecule has 7 heteroatoms. The number of carboxylic acids is 2. The molecule has 2 aromatic carbocycles. The quantitative estimate of drug-likeness (QED) is 0.700. The predicted octanol–water partition coefficient (Wildman–Crippen LogP) is 3.27. The Hall–Kier alpha value is -3.09. The summed E-state index contributed by atoms with van der Waals surface area (Å²) in [4.78, 5) is 22.6. The smallest absolute Gasteiger partial charge is 0.310 e. The van der Waals surface area contributed by atoms with E-state index in [1.807, 2.05) is 0 Å². The Labute approximate surface area is 149 Å². The van der Waals surface area contributed by atoms with Gasteiger partial charge >= 0.3 is 11.9 Å². The normalized spacial score (nSPS) is 11.8. The summed E-state index contributed by atoms with van der Waals surface area (Å²) in [6.45, 7) is 3.59. The Kier molecular flexibility index (Phi) is 5.82. The number of hydrogen-bond donors (Lipinski definition) is 2. The maximum atomic E-state index is 14.5. The Morgan fingerprint density at radius 3 is 2.46 bits per heavy atom. The summed E-state index contributed by atoms with van der Waals surface area (Å²) in [6, 6.07) is 6.07. The molecule has 6 nitrogen and oxygen atoms in total. The molecule has 26 heavy (non-hydrogen) atoms. The highest BCUT2D eigenvalue weighted by molar-refractivity contribution is 5.91. The van der Waals surface area contributed by atoms with E-state index in [-0.39, 0.29) is 23.1 Å². The lowest BCUT2D eigenvalue weighted by molar-refractivity contribution is -0.140. The monoisotopic (exact) mass is 362 g/mol. The van der Waals surface area contributed by atoms with Crippen LogP contribution in [0.25, 0.3) is 10.8 Å². The van der Waals surface area contributed by atoms with Crippen LogP contribution in [0.1, 0.15) is 12.0 Å². The zero-order valence-electron chi connectivity index (χ0n) is 14.4. The average Bonchev–Trinajstić information content (AvgIpc) is 2.57. The lowest BCUT2D eigenvalue weighted by Crippen LogP contribution is -2.21. The molecule has 0 radical (unpaired) electrons. The second-order valence-electron chi connectivity index (χ2n) is 5.75. The maximum Gasteiger partial charge on any atom is 0.310 e. The summed E-state index contributed by atoms with van der Waals surface area (Å²) >= 11 is 0. The summed E-state index contributed by atoms with van der Waals surface area (Å²) in [7, 11) is 2.79. The number of fused-ring (bicyclic) bond motifs is 1. The molecule has 0 spiro atoms. The van der Waals surface area contributed by atoms with Crippen LogP contribution in [-0.4, -0.2) is 36.4 Å². The van der Waals surface area contributed by atoms with Gasteiger partial charge in [-0.05, 0) is 23.9 Å². The molecule has 0 aliphatic rings. The van der Waals surface area contributed by atoms with E-state index in [1.165, 1.54) is 26.4 Å². The van der Waals surface area contributed by atoms with Gasteiger partial charge in [-0.2, -0.15) is 0 Å². The van der Waals surface area contributed by atoms with E-state index in [4.69, 9.17) is 14.6 Å². The average molecular weight is 362 g/mol. The van der Waals surface area contributed by atoms with Gasteiger partial charge in [-0.15, -0.1) is 0 Å². The summed E-state index contributed by atoms with van der Waals surface area (Å²) in [6.07, 6.45) is -0.678. The molecule has 0 heterocycles. The van der Waals surface area contributed by atoms with E-state index in [9.17, 15) is 19.1 Å². The summed E-state index contributed by atoms with van der Waals surface area (Å²) in [5.41, 5.74) is 0.304. The van der Waals surface area contributed by atoms with Crippen molar-refractivity contribution in [1.82, 2.24) is 0 Å². The van der Waals surface area contributed by atoms with E-state index in [2.05, 4.69) is 6.58 Å². The highest BCUT2D eigenvalue weighted by atomic mass is 19.1. The first-order valence-corrected chi connectivity index (χ1v) is 7.74. The largest absolute Gasteiger partial charge is 0.493 e. The van der Waals surface area contributed by atoms with Gasteiger partial charge in [0.05, 0.1) is 26.6 Å². The fourth-order valence-electron chi connectivity index (χ4n) is 2.95. The van der Waals surface area contributed by atoms with E-state index in [0.29, 0.717) is 16.7 Å². The molecule has 138 valence electrons. The van der Waals surface area contributed by atoms with Crippen molar-refractivity contribution in [2.75, 3.05) is 14.2 Å². The number of carbonyl (C=O) groups is 2. The van der Waals surface area contributed by atoms with Crippen LogP contribution in [0.5, 0.6) is 11.5 Å². The van der Waals surface area contributed by atoms with Gasteiger partial charge in [0, 0.05) is 10.9 Å². The molecule has 0 fully saturated rings. The first-order valence-electron chi connectivity index (χ1n) is 7.74. The first kappa shape index (κ1) is 19.2. The van der Waals surface area contributed by atoms with Crippen LogP contribution in [0.15, 0.2) is 36.4 Å². The summed E-state index contributed by atoms with van der Waals surface area (Å²) in [5.74, 6) is -3.64. The molecule has 0 amide bonds. The van der Waals surface area contributed by atoms with Gasteiger partial charge in [0.25, 0.3) is 0 Å². The fraction of sp³-hybridized carbons (Fsp3) is 0.263. The lowest BCUT2D eigenvalue weighted by Gasteiger charge is -2.20. The number of ether oxygens (including phenoxy) is 2. The summed E-state index contributed by atoms with van der Waals surface area (Å²) in [5, 5.41) is 19.2. The topological polar surface area (TPSA) is 93.1 Å². The SMILES string of the molecule is C=C(CC(=O)O)C(Cc1c(OC)c(OC)cc2cccc(F)c12)C(=O)O. The van der Waals surface area contributed by atoms with Gasteiger partial charge in [0.15, 0.2) is 11.5 Å². The van der Waals surface area contributed by atoms with Gasteiger partial charge in [-0.25, -0.2) is 4.39 Å². The van der Waals surface area contributed by atoms with Crippen molar-refractivity contribution in [3.63, 3.8) is 0 Å². The fourth-order valence-corrected chi connectivity index (χ4v) is 2.95. The van der Waals surface area contributed by atoms with Gasteiger partial charge in [-0.1, -0.05) is 24.3 Å². The van der Waals surface area contributed by atoms with Crippen LogP contribution in [0.3, 0.4) is 0 Å². The van der Waals surface area contributed by atoms with E-state index in [0.717, 1.165) is 0 Å². The minimum atomic E-state index is -1.24. The number of benzene rings is 2. The van der Waals surface area contributed by atoms with Crippen molar-refractivity contribution in [1.29, 1.82) is 0 Å². The molecule has 2 N–H and O–H groups in total. The van der Waals surface area contributed by atoms with Gasteiger partial charge in [0.2, 0.25) is 0 Å². The number of methoxy groups -OCH3 is 2. The number of rotatable bonds is 8. The van der Waals surface area contributed by atoms with Gasteiger partial charge in [-0.3, -0.25) is 9.59 Å². The van der Waals surface area contributed by atoms with Crippen LogP contribution in [0.4, 0.5) is 4.39 Å². The molecule has 0 bridgehead atoms. The highest BCUT2D eigenvalue weighted by Crippen LogP contribution is 2.40. The first-order chi connectivity index (χ1) is 12.3. The van der Waals surface area contributed by atoms with E-state index in [1.54, 1.807) is 12.1 Å². The minimum Gasteiger partial charge on any atom is -0.493 e. The lowest BCUT2D eigenvalue weighted by atomic mass is 9.88. The van der Waals surface area contributed by atoms with Gasteiger partial charge in [0.1, 0.15) is 5.82 Å². The zero-order chi connectivity index (χ0) is 19.4. The predicted molar refractivity (Wildman–Crippen MR) is 93.2 cm³/mol. The van der Waals surface area contributed by atoms with Crippen LogP contribution in [0, 0.1) is 11.7 Å². The Bertz CT molecular complexity index is 874. The second-order valence-corrected chi connectivity index (χ2v) is 5.75. The molecule has 1 atom stereocenters. The zero-order valence-corrected chi connectivity index (χ0v) is 14.4. The molecule has 0 aromatic heterocycles. The number of halogens is 1. The molecule has 0 aliphatic carbocycles. The Morgan fingerprint density at radius 2 is 1.92 bits per heavy atom. The third kappa shape index (κ3) is 3.77. The molecular formula is C19H19FO6. The van der Waals surface area contributed by atoms with Crippen LogP contribution < -0.4 is 9.47 Å². The summed E-state index contributed by atoms with van der Waals surface area (Å²) < 4.78 is 25.1. The third-order valence-corrected chi connectivity index (χ3v) is 4.13. The number of aliphatic carboxylic acids is 2. The number of carboxylic acid groups (broad SMARTS) is 2. The van der Waals surface area contributed by atoms with Crippen LogP contribution in [-0.2, 0) is 16.0 Å². The molecular weight excluding hydrogens is 343 g/mol.